The van der Waals surface area contributed by atoms with E-state index in [0.717, 1.165) is 43.8 Å². The van der Waals surface area contributed by atoms with Crippen LogP contribution in [0.25, 0.3) is 11.3 Å². The van der Waals surface area contributed by atoms with Crippen molar-refractivity contribution in [3.05, 3.63) is 42.2 Å². The van der Waals surface area contributed by atoms with Crippen LogP contribution in [0.2, 0.25) is 0 Å². The summed E-state index contributed by atoms with van der Waals surface area (Å²) in [5.74, 6) is 1.10. The van der Waals surface area contributed by atoms with Crippen LogP contribution < -0.4 is 10.2 Å². The van der Waals surface area contributed by atoms with Crippen LogP contribution in [0.4, 0.5) is 5.69 Å². The molecule has 1 aliphatic rings. The maximum Gasteiger partial charge on any atom is 0.185 e. The normalized spacial score (nSPS) is 15.5. The first-order valence-corrected chi connectivity index (χ1v) is 6.48. The van der Waals surface area contributed by atoms with Gasteiger partial charge in [-0.1, -0.05) is 12.1 Å². The number of anilines is 1. The Morgan fingerprint density at radius 1 is 1.16 bits per heavy atom. The zero-order valence-corrected chi connectivity index (χ0v) is 10.6. The molecule has 0 spiro atoms. The summed E-state index contributed by atoms with van der Waals surface area (Å²) >= 11 is 0. The van der Waals surface area contributed by atoms with Gasteiger partial charge in [0, 0.05) is 37.4 Å². The van der Waals surface area contributed by atoms with Crippen LogP contribution in [-0.4, -0.2) is 32.5 Å². The first-order valence-electron chi connectivity index (χ1n) is 6.48. The fourth-order valence-electron chi connectivity index (χ4n) is 2.35. The Labute approximate surface area is 112 Å². The van der Waals surface area contributed by atoms with Gasteiger partial charge < -0.3 is 14.6 Å². The molecule has 0 amide bonds. The zero-order valence-electron chi connectivity index (χ0n) is 10.6. The van der Waals surface area contributed by atoms with Crippen LogP contribution in [0.5, 0.6) is 0 Å². The van der Waals surface area contributed by atoms with Crippen LogP contribution >= 0.6 is 0 Å². The summed E-state index contributed by atoms with van der Waals surface area (Å²) in [6.07, 6.45) is 0.726. The van der Waals surface area contributed by atoms with E-state index in [0.29, 0.717) is 5.76 Å². The van der Waals surface area contributed by atoms with Gasteiger partial charge in [-0.3, -0.25) is 4.79 Å². The van der Waals surface area contributed by atoms with E-state index in [1.807, 2.05) is 18.2 Å². The first-order chi connectivity index (χ1) is 9.36. The highest BCUT2D eigenvalue weighted by atomic mass is 16.3. The molecule has 4 heteroatoms. The molecule has 4 nitrogen and oxygen atoms in total. The van der Waals surface area contributed by atoms with Gasteiger partial charge in [-0.15, -0.1) is 0 Å². The van der Waals surface area contributed by atoms with E-state index >= 15 is 0 Å². The third kappa shape index (κ3) is 2.53. The Hall–Kier alpha value is -2.07. The average molecular weight is 256 g/mol. The van der Waals surface area contributed by atoms with E-state index in [1.54, 1.807) is 6.07 Å². The lowest BCUT2D eigenvalue weighted by Gasteiger charge is -2.29. The van der Waals surface area contributed by atoms with Gasteiger partial charge in [0.2, 0.25) is 0 Å². The van der Waals surface area contributed by atoms with E-state index < -0.39 is 0 Å². The fourth-order valence-corrected chi connectivity index (χ4v) is 2.35. The highest BCUT2D eigenvalue weighted by Gasteiger charge is 2.12. The number of carbonyl (C=O) groups excluding carboxylic acids is 1. The minimum atomic E-state index is 0.363. The van der Waals surface area contributed by atoms with Gasteiger partial charge in [0.25, 0.3) is 0 Å². The summed E-state index contributed by atoms with van der Waals surface area (Å²) in [7, 11) is 0. The van der Waals surface area contributed by atoms with Crippen molar-refractivity contribution in [2.75, 3.05) is 31.1 Å². The Kier molecular flexibility index (Phi) is 3.33. The second-order valence-electron chi connectivity index (χ2n) is 4.61. The zero-order chi connectivity index (χ0) is 13.1. The maximum atomic E-state index is 10.7. The first kappa shape index (κ1) is 12.0. The Morgan fingerprint density at radius 2 is 2.00 bits per heavy atom. The topological polar surface area (TPSA) is 45.5 Å². The molecule has 1 N–H and O–H groups in total. The van der Waals surface area contributed by atoms with Gasteiger partial charge in [0.05, 0.1) is 0 Å². The highest BCUT2D eigenvalue weighted by Crippen LogP contribution is 2.26. The predicted molar refractivity (Wildman–Crippen MR) is 74.6 cm³/mol. The molecular formula is C15H16N2O2. The molecule has 2 heterocycles. The minimum absolute atomic E-state index is 0.363. The molecule has 0 radical (unpaired) electrons. The predicted octanol–water partition coefficient (Wildman–Crippen LogP) is 2.17. The van der Waals surface area contributed by atoms with Gasteiger partial charge in [-0.2, -0.15) is 0 Å². The number of nitrogens with zero attached hydrogens (tertiary/aromatic N) is 1. The second kappa shape index (κ2) is 5.28. The van der Waals surface area contributed by atoms with E-state index in [4.69, 9.17) is 4.42 Å². The summed E-state index contributed by atoms with van der Waals surface area (Å²) in [4.78, 5) is 13.0. The summed E-state index contributed by atoms with van der Waals surface area (Å²) in [6, 6.07) is 11.8. The molecule has 98 valence electrons. The fraction of sp³-hybridized carbons (Fsp3) is 0.267. The molecule has 0 aliphatic carbocycles. The second-order valence-corrected chi connectivity index (χ2v) is 4.61. The molecule has 1 saturated heterocycles. The number of carbonyl (C=O) groups is 1. The molecule has 1 aromatic carbocycles. The SMILES string of the molecule is O=Cc1ccc(-c2cccc(N3CCNCC3)c2)o1. The molecule has 0 unspecified atom stereocenters. The van der Waals surface area contributed by atoms with Gasteiger partial charge >= 0.3 is 0 Å². The summed E-state index contributed by atoms with van der Waals surface area (Å²) in [5, 5.41) is 3.34. The van der Waals surface area contributed by atoms with Crippen LogP contribution in [0, 0.1) is 0 Å². The largest absolute Gasteiger partial charge is 0.453 e. The summed E-state index contributed by atoms with van der Waals surface area (Å²) in [5.41, 5.74) is 2.20. The number of aldehydes is 1. The summed E-state index contributed by atoms with van der Waals surface area (Å²) in [6.45, 7) is 4.06. The monoisotopic (exact) mass is 256 g/mol. The molecule has 1 fully saturated rings. The quantitative estimate of drug-likeness (QED) is 0.855. The molecule has 1 aromatic heterocycles. The molecular weight excluding hydrogens is 240 g/mol. The maximum absolute atomic E-state index is 10.7. The lowest BCUT2D eigenvalue weighted by Crippen LogP contribution is -2.43. The van der Waals surface area contributed by atoms with Crippen molar-refractivity contribution in [2.24, 2.45) is 0 Å². The van der Waals surface area contributed by atoms with Crippen LogP contribution in [0.1, 0.15) is 10.6 Å². The van der Waals surface area contributed by atoms with Crippen molar-refractivity contribution in [1.29, 1.82) is 0 Å². The van der Waals surface area contributed by atoms with E-state index in [-0.39, 0.29) is 0 Å². The number of hydrogen-bond acceptors (Lipinski definition) is 4. The lowest BCUT2D eigenvalue weighted by molar-refractivity contribution is 0.110. The molecule has 19 heavy (non-hydrogen) atoms. The van der Waals surface area contributed by atoms with Crippen molar-refractivity contribution in [3.63, 3.8) is 0 Å². The minimum Gasteiger partial charge on any atom is -0.453 e. The Morgan fingerprint density at radius 3 is 2.74 bits per heavy atom. The van der Waals surface area contributed by atoms with Gasteiger partial charge in [0.1, 0.15) is 5.76 Å². The number of hydrogen-bond donors (Lipinski definition) is 1. The molecule has 3 rings (SSSR count). The summed E-state index contributed by atoms with van der Waals surface area (Å²) < 4.78 is 5.46. The molecule has 0 saturated carbocycles. The molecule has 0 bridgehead atoms. The van der Waals surface area contributed by atoms with Crippen LogP contribution in [-0.2, 0) is 0 Å². The van der Waals surface area contributed by atoms with E-state index in [1.165, 1.54) is 5.69 Å². The molecule has 2 aromatic rings. The Balaban J connectivity index is 1.88. The third-order valence-corrected chi connectivity index (χ3v) is 3.36. The molecule has 1 aliphatic heterocycles. The third-order valence-electron chi connectivity index (χ3n) is 3.36. The highest BCUT2D eigenvalue weighted by molar-refractivity contribution is 5.73. The van der Waals surface area contributed by atoms with Gasteiger partial charge in [-0.05, 0) is 24.3 Å². The van der Waals surface area contributed by atoms with Gasteiger partial charge in [-0.25, -0.2) is 0 Å². The van der Waals surface area contributed by atoms with Crippen LogP contribution in [0.15, 0.2) is 40.8 Å². The number of rotatable bonds is 3. The van der Waals surface area contributed by atoms with E-state index in [2.05, 4.69) is 22.3 Å². The van der Waals surface area contributed by atoms with E-state index in [9.17, 15) is 4.79 Å². The van der Waals surface area contributed by atoms with Crippen molar-refractivity contribution in [1.82, 2.24) is 5.32 Å². The number of benzene rings is 1. The lowest BCUT2D eigenvalue weighted by atomic mass is 10.1. The molecule has 0 atom stereocenters. The Bertz CT molecular complexity index is 571. The van der Waals surface area contributed by atoms with Gasteiger partial charge in [0.15, 0.2) is 12.0 Å². The average Bonchev–Trinajstić information content (AvgIpc) is 2.97. The van der Waals surface area contributed by atoms with Crippen molar-refractivity contribution in [2.45, 2.75) is 0 Å². The van der Waals surface area contributed by atoms with Crippen molar-refractivity contribution in [3.8, 4) is 11.3 Å². The smallest absolute Gasteiger partial charge is 0.185 e. The number of nitrogens with one attached hydrogen (secondary N) is 1. The van der Waals surface area contributed by atoms with Crippen molar-refractivity contribution >= 4 is 12.0 Å². The van der Waals surface area contributed by atoms with Crippen molar-refractivity contribution < 1.29 is 9.21 Å². The number of piperazine rings is 1. The van der Waals surface area contributed by atoms with Crippen LogP contribution in [0.3, 0.4) is 0 Å². The number of furan rings is 1. The standard InChI is InChI=1S/C15H16N2O2/c18-11-14-4-5-15(19-14)12-2-1-3-13(10-12)17-8-6-16-7-9-17/h1-5,10-11,16H,6-9H2.